The summed E-state index contributed by atoms with van der Waals surface area (Å²) < 4.78 is 0. The molecule has 1 aromatic rings. The average Bonchev–Trinajstić information content (AvgIpc) is 2.52. The third kappa shape index (κ3) is 4.63. The van der Waals surface area contributed by atoms with E-state index in [9.17, 15) is 4.79 Å². The molecule has 0 aliphatic carbocycles. The molecule has 1 amide bonds. The summed E-state index contributed by atoms with van der Waals surface area (Å²) in [6, 6.07) is 6.97. The van der Waals surface area contributed by atoms with Gasteiger partial charge in [0.25, 0.3) is 5.91 Å². The number of halogens is 1. The van der Waals surface area contributed by atoms with Crippen LogP contribution in [0.3, 0.4) is 0 Å². The fraction of sp³-hybridized carbons (Fsp3) is 0.467. The normalized spacial score (nSPS) is 15.9. The van der Waals surface area contributed by atoms with Crippen LogP contribution in [0.4, 0.5) is 0 Å². The molecule has 21 heavy (non-hydrogen) atoms. The fourth-order valence-electron chi connectivity index (χ4n) is 2.30. The number of nitrogens with one attached hydrogen (secondary N) is 1. The second kappa shape index (κ2) is 7.88. The Morgan fingerprint density at radius 2 is 2.00 bits per heavy atom. The first-order chi connectivity index (χ1) is 10.2. The monoisotopic (exact) mass is 308 g/mol. The van der Waals surface area contributed by atoms with Gasteiger partial charge in [-0.25, -0.2) is 0 Å². The number of amides is 1. The Labute approximate surface area is 130 Å². The first-order valence-corrected chi connectivity index (χ1v) is 7.64. The topological polar surface area (TPSA) is 70.7 Å². The Bertz CT molecular complexity index is 512. The van der Waals surface area contributed by atoms with E-state index in [0.29, 0.717) is 29.6 Å². The first kappa shape index (κ1) is 15.6. The Morgan fingerprint density at radius 1 is 1.29 bits per heavy atom. The molecule has 1 fully saturated rings. The van der Waals surface area contributed by atoms with Gasteiger partial charge in [0.15, 0.2) is 5.96 Å². The molecule has 0 atom stereocenters. The third-order valence-electron chi connectivity index (χ3n) is 3.47. The van der Waals surface area contributed by atoms with E-state index >= 15 is 0 Å². The minimum absolute atomic E-state index is 0.188. The molecule has 1 aromatic carbocycles. The molecule has 3 N–H and O–H groups in total. The SMILES string of the molecule is NC(=NCCNC(=O)c1ccccc1Cl)N1CCCCC1. The molecule has 1 aliphatic heterocycles. The van der Waals surface area contributed by atoms with Crippen LogP contribution in [0.25, 0.3) is 0 Å². The quantitative estimate of drug-likeness (QED) is 0.507. The summed E-state index contributed by atoms with van der Waals surface area (Å²) >= 11 is 5.97. The lowest BCUT2D eigenvalue weighted by Gasteiger charge is -2.27. The van der Waals surface area contributed by atoms with Gasteiger partial charge in [0.1, 0.15) is 0 Å². The molecule has 0 unspecified atom stereocenters. The molecule has 0 spiro atoms. The van der Waals surface area contributed by atoms with Gasteiger partial charge < -0.3 is 16.0 Å². The number of aliphatic imine (C=N–C) groups is 1. The Balaban J connectivity index is 1.76. The number of rotatable bonds is 4. The molecular weight excluding hydrogens is 288 g/mol. The molecule has 1 heterocycles. The van der Waals surface area contributed by atoms with Gasteiger partial charge in [0.05, 0.1) is 17.1 Å². The van der Waals surface area contributed by atoms with Gasteiger partial charge in [-0.1, -0.05) is 23.7 Å². The van der Waals surface area contributed by atoms with Gasteiger partial charge in [0, 0.05) is 19.6 Å². The van der Waals surface area contributed by atoms with Crippen molar-refractivity contribution in [2.24, 2.45) is 10.7 Å². The first-order valence-electron chi connectivity index (χ1n) is 7.26. The zero-order chi connectivity index (χ0) is 15.1. The maximum atomic E-state index is 11.9. The van der Waals surface area contributed by atoms with Crippen LogP contribution >= 0.6 is 11.6 Å². The van der Waals surface area contributed by atoms with E-state index in [4.69, 9.17) is 17.3 Å². The number of hydrogen-bond donors (Lipinski definition) is 2. The third-order valence-corrected chi connectivity index (χ3v) is 3.80. The van der Waals surface area contributed by atoms with Crippen molar-refractivity contribution in [2.45, 2.75) is 19.3 Å². The molecule has 0 aromatic heterocycles. The Hall–Kier alpha value is -1.75. The highest BCUT2D eigenvalue weighted by Gasteiger charge is 2.12. The van der Waals surface area contributed by atoms with Gasteiger partial charge in [0.2, 0.25) is 0 Å². The van der Waals surface area contributed by atoms with Crippen LogP contribution in [0.2, 0.25) is 5.02 Å². The largest absolute Gasteiger partial charge is 0.370 e. The average molecular weight is 309 g/mol. The number of likely N-dealkylation sites (tertiary alicyclic amines) is 1. The number of benzene rings is 1. The molecular formula is C15H21ClN4O. The summed E-state index contributed by atoms with van der Waals surface area (Å²) in [4.78, 5) is 18.3. The van der Waals surface area contributed by atoms with E-state index < -0.39 is 0 Å². The van der Waals surface area contributed by atoms with E-state index in [1.807, 2.05) is 0 Å². The van der Waals surface area contributed by atoms with Crippen molar-refractivity contribution in [3.63, 3.8) is 0 Å². The summed E-state index contributed by atoms with van der Waals surface area (Å²) in [6.07, 6.45) is 3.59. The van der Waals surface area contributed by atoms with Crippen LogP contribution in [-0.2, 0) is 0 Å². The summed E-state index contributed by atoms with van der Waals surface area (Å²) in [5.41, 5.74) is 6.42. The molecule has 6 heteroatoms. The second-order valence-corrected chi connectivity index (χ2v) is 5.43. The van der Waals surface area contributed by atoms with E-state index in [1.54, 1.807) is 24.3 Å². The molecule has 114 valence electrons. The van der Waals surface area contributed by atoms with Crippen LogP contribution in [0.5, 0.6) is 0 Å². The minimum atomic E-state index is -0.188. The summed E-state index contributed by atoms with van der Waals surface area (Å²) in [5, 5.41) is 3.24. The van der Waals surface area contributed by atoms with E-state index in [1.165, 1.54) is 19.3 Å². The number of nitrogens with two attached hydrogens (primary N) is 1. The standard InChI is InChI=1S/C15H21ClN4O/c16-13-7-3-2-6-12(13)14(21)18-8-9-19-15(17)20-10-4-1-5-11-20/h2-3,6-7H,1,4-5,8-11H2,(H2,17,19)(H,18,21). The van der Waals surface area contributed by atoms with Crippen LogP contribution in [0.1, 0.15) is 29.6 Å². The van der Waals surface area contributed by atoms with Crippen molar-refractivity contribution in [3.8, 4) is 0 Å². The highest BCUT2D eigenvalue weighted by Crippen LogP contribution is 2.14. The molecule has 0 saturated carbocycles. The molecule has 1 aliphatic rings. The number of carbonyl (C=O) groups is 1. The van der Waals surface area contributed by atoms with Gasteiger partial charge >= 0.3 is 0 Å². The molecule has 5 nitrogen and oxygen atoms in total. The molecule has 1 saturated heterocycles. The Morgan fingerprint density at radius 3 is 2.71 bits per heavy atom. The van der Waals surface area contributed by atoms with E-state index in [0.717, 1.165) is 13.1 Å². The lowest BCUT2D eigenvalue weighted by atomic mass is 10.1. The van der Waals surface area contributed by atoms with Gasteiger partial charge in [-0.2, -0.15) is 0 Å². The molecule has 2 rings (SSSR count). The van der Waals surface area contributed by atoms with Crippen LogP contribution in [0.15, 0.2) is 29.3 Å². The number of hydrogen-bond acceptors (Lipinski definition) is 2. The van der Waals surface area contributed by atoms with E-state index in [-0.39, 0.29) is 5.91 Å². The van der Waals surface area contributed by atoms with Crippen molar-refractivity contribution in [1.29, 1.82) is 0 Å². The second-order valence-electron chi connectivity index (χ2n) is 5.02. The van der Waals surface area contributed by atoms with Gasteiger partial charge in [-0.3, -0.25) is 9.79 Å². The van der Waals surface area contributed by atoms with Crippen molar-refractivity contribution in [2.75, 3.05) is 26.2 Å². The van der Waals surface area contributed by atoms with Crippen molar-refractivity contribution in [3.05, 3.63) is 34.9 Å². The lowest BCUT2D eigenvalue weighted by molar-refractivity contribution is 0.0955. The highest BCUT2D eigenvalue weighted by atomic mass is 35.5. The number of nitrogens with zero attached hydrogens (tertiary/aromatic N) is 2. The number of guanidine groups is 1. The van der Waals surface area contributed by atoms with Gasteiger partial charge in [-0.15, -0.1) is 0 Å². The van der Waals surface area contributed by atoms with Crippen molar-refractivity contribution >= 4 is 23.5 Å². The van der Waals surface area contributed by atoms with Crippen LogP contribution in [-0.4, -0.2) is 42.9 Å². The van der Waals surface area contributed by atoms with Gasteiger partial charge in [-0.05, 0) is 31.4 Å². The predicted molar refractivity (Wildman–Crippen MR) is 85.7 cm³/mol. The fourth-order valence-corrected chi connectivity index (χ4v) is 2.53. The van der Waals surface area contributed by atoms with E-state index in [2.05, 4.69) is 15.2 Å². The summed E-state index contributed by atoms with van der Waals surface area (Å²) in [7, 11) is 0. The van der Waals surface area contributed by atoms with Crippen LogP contribution in [0, 0.1) is 0 Å². The predicted octanol–water partition coefficient (Wildman–Crippen LogP) is 1.87. The van der Waals surface area contributed by atoms with Crippen molar-refractivity contribution in [1.82, 2.24) is 10.2 Å². The maximum Gasteiger partial charge on any atom is 0.252 e. The maximum absolute atomic E-state index is 11.9. The lowest BCUT2D eigenvalue weighted by Crippen LogP contribution is -2.41. The zero-order valence-corrected chi connectivity index (χ0v) is 12.8. The number of carbonyl (C=O) groups excluding carboxylic acids is 1. The Kier molecular flexibility index (Phi) is 5.87. The highest BCUT2D eigenvalue weighted by molar-refractivity contribution is 6.33. The van der Waals surface area contributed by atoms with Crippen molar-refractivity contribution < 1.29 is 4.79 Å². The minimum Gasteiger partial charge on any atom is -0.370 e. The zero-order valence-electron chi connectivity index (χ0n) is 12.0. The van der Waals surface area contributed by atoms with Crippen LogP contribution < -0.4 is 11.1 Å². The summed E-state index contributed by atoms with van der Waals surface area (Å²) in [6.45, 7) is 2.86. The number of piperidine rings is 1. The summed E-state index contributed by atoms with van der Waals surface area (Å²) in [5.74, 6) is 0.383. The smallest absolute Gasteiger partial charge is 0.252 e. The molecule has 0 radical (unpaired) electrons. The molecule has 0 bridgehead atoms.